The fraction of sp³-hybridized carbons (Fsp3) is 0.143. The number of nitrogens with zero attached hydrogens (tertiary/aromatic N) is 3. The van der Waals surface area contributed by atoms with Gasteiger partial charge in [-0.15, -0.1) is 0 Å². The summed E-state index contributed by atoms with van der Waals surface area (Å²) >= 11 is 5.86. The van der Waals surface area contributed by atoms with Gasteiger partial charge in [-0.2, -0.15) is 5.10 Å². The molecule has 12 heavy (non-hydrogen) atoms. The molecule has 2 aromatic rings. The summed E-state index contributed by atoms with van der Waals surface area (Å²) in [5.41, 5.74) is 7.05. The number of hydrogen-bond acceptors (Lipinski definition) is 3. The molecule has 0 unspecified atom stereocenters. The van der Waals surface area contributed by atoms with E-state index >= 15 is 0 Å². The number of nitrogens with two attached hydrogens (primary N) is 1. The van der Waals surface area contributed by atoms with Crippen molar-refractivity contribution in [2.24, 2.45) is 0 Å². The van der Waals surface area contributed by atoms with Gasteiger partial charge in [0, 0.05) is 12.1 Å². The Kier molecular flexibility index (Phi) is 1.44. The summed E-state index contributed by atoms with van der Waals surface area (Å²) in [6, 6.07) is 3.39. The maximum Gasteiger partial charge on any atom is 0.159 e. The highest BCUT2D eigenvalue weighted by atomic mass is 35.5. The van der Waals surface area contributed by atoms with Gasteiger partial charge in [-0.1, -0.05) is 11.6 Å². The lowest BCUT2D eigenvalue weighted by Crippen LogP contribution is -1.96. The van der Waals surface area contributed by atoms with E-state index < -0.39 is 0 Å². The summed E-state index contributed by atoms with van der Waals surface area (Å²) in [6.07, 6.45) is 0. The summed E-state index contributed by atoms with van der Waals surface area (Å²) < 4.78 is 1.55. The SMILES string of the molecule is Cc1cc2nc(N)cc(Cl)n2n1. The molecule has 0 bridgehead atoms. The zero-order valence-electron chi connectivity index (χ0n) is 6.45. The molecule has 5 heteroatoms. The lowest BCUT2D eigenvalue weighted by atomic mass is 10.5. The molecule has 2 heterocycles. The van der Waals surface area contributed by atoms with Crippen LogP contribution in [-0.2, 0) is 0 Å². The number of hydrogen-bond donors (Lipinski definition) is 1. The van der Waals surface area contributed by atoms with E-state index in [1.165, 1.54) is 0 Å². The third-order valence-electron chi connectivity index (χ3n) is 1.53. The Balaban J connectivity index is 2.88. The van der Waals surface area contributed by atoms with Crippen LogP contribution in [0, 0.1) is 6.92 Å². The quantitative estimate of drug-likeness (QED) is 0.625. The predicted octanol–water partition coefficient (Wildman–Crippen LogP) is 1.27. The summed E-state index contributed by atoms with van der Waals surface area (Å²) in [5, 5.41) is 4.60. The number of aromatic nitrogens is 3. The van der Waals surface area contributed by atoms with E-state index in [-0.39, 0.29) is 0 Å². The molecule has 2 rings (SSSR count). The molecule has 0 spiro atoms. The van der Waals surface area contributed by atoms with E-state index in [4.69, 9.17) is 17.3 Å². The molecule has 0 radical (unpaired) electrons. The summed E-state index contributed by atoms with van der Waals surface area (Å²) in [4.78, 5) is 4.05. The second kappa shape index (κ2) is 2.35. The van der Waals surface area contributed by atoms with Gasteiger partial charge in [0.1, 0.15) is 11.0 Å². The molecule has 0 aromatic carbocycles. The fourth-order valence-corrected chi connectivity index (χ4v) is 1.31. The highest BCUT2D eigenvalue weighted by Gasteiger charge is 2.03. The largest absolute Gasteiger partial charge is 0.384 e. The monoisotopic (exact) mass is 182 g/mol. The molecule has 0 saturated heterocycles. The molecular formula is C7H7ClN4. The maximum atomic E-state index is 5.86. The van der Waals surface area contributed by atoms with E-state index in [1.54, 1.807) is 10.6 Å². The van der Waals surface area contributed by atoms with Gasteiger partial charge in [-0.25, -0.2) is 9.50 Å². The van der Waals surface area contributed by atoms with Crippen LogP contribution in [0.2, 0.25) is 5.15 Å². The zero-order chi connectivity index (χ0) is 8.72. The lowest BCUT2D eigenvalue weighted by molar-refractivity contribution is 0.920. The van der Waals surface area contributed by atoms with Crippen molar-refractivity contribution in [3.05, 3.63) is 23.0 Å². The van der Waals surface area contributed by atoms with Crippen LogP contribution in [-0.4, -0.2) is 14.6 Å². The first-order valence-corrected chi connectivity index (χ1v) is 3.83. The highest BCUT2D eigenvalue weighted by Crippen LogP contribution is 2.14. The highest BCUT2D eigenvalue weighted by molar-refractivity contribution is 6.29. The van der Waals surface area contributed by atoms with Crippen molar-refractivity contribution in [3.8, 4) is 0 Å². The van der Waals surface area contributed by atoms with E-state index in [9.17, 15) is 0 Å². The smallest absolute Gasteiger partial charge is 0.159 e. The Hall–Kier alpha value is -1.29. The van der Waals surface area contributed by atoms with Crippen LogP contribution in [0.25, 0.3) is 5.65 Å². The van der Waals surface area contributed by atoms with Crippen LogP contribution in [0.4, 0.5) is 5.82 Å². The Morgan fingerprint density at radius 3 is 3.00 bits per heavy atom. The average molecular weight is 183 g/mol. The van der Waals surface area contributed by atoms with Gasteiger partial charge in [-0.05, 0) is 6.92 Å². The number of rotatable bonds is 0. The molecule has 0 atom stereocenters. The van der Waals surface area contributed by atoms with E-state index in [0.29, 0.717) is 16.6 Å². The van der Waals surface area contributed by atoms with Crippen molar-refractivity contribution < 1.29 is 0 Å². The molecule has 4 nitrogen and oxygen atoms in total. The van der Waals surface area contributed by atoms with E-state index in [0.717, 1.165) is 5.69 Å². The molecule has 62 valence electrons. The summed E-state index contributed by atoms with van der Waals surface area (Å²) in [5.74, 6) is 0.410. The van der Waals surface area contributed by atoms with Crippen LogP contribution in [0.15, 0.2) is 12.1 Å². The fourth-order valence-electron chi connectivity index (χ4n) is 1.07. The molecule has 2 aromatic heterocycles. The molecule has 0 aliphatic carbocycles. The predicted molar refractivity (Wildman–Crippen MR) is 47.1 cm³/mol. The van der Waals surface area contributed by atoms with Crippen molar-refractivity contribution in [1.82, 2.24) is 14.6 Å². The Morgan fingerprint density at radius 2 is 2.25 bits per heavy atom. The number of fused-ring (bicyclic) bond motifs is 1. The van der Waals surface area contributed by atoms with E-state index in [1.807, 2.05) is 13.0 Å². The minimum atomic E-state index is 0.410. The maximum absolute atomic E-state index is 5.86. The van der Waals surface area contributed by atoms with Gasteiger partial charge in [0.15, 0.2) is 5.65 Å². The third kappa shape index (κ3) is 1.00. The first-order valence-electron chi connectivity index (χ1n) is 3.45. The van der Waals surface area contributed by atoms with Crippen molar-refractivity contribution >= 4 is 23.1 Å². The molecular weight excluding hydrogens is 176 g/mol. The van der Waals surface area contributed by atoms with Gasteiger partial charge in [0.2, 0.25) is 0 Å². The van der Waals surface area contributed by atoms with Crippen LogP contribution in [0.3, 0.4) is 0 Å². The van der Waals surface area contributed by atoms with E-state index in [2.05, 4.69) is 10.1 Å². The third-order valence-corrected chi connectivity index (χ3v) is 1.79. The van der Waals surface area contributed by atoms with Crippen LogP contribution < -0.4 is 5.73 Å². The lowest BCUT2D eigenvalue weighted by Gasteiger charge is -1.96. The van der Waals surface area contributed by atoms with Gasteiger partial charge in [0.25, 0.3) is 0 Å². The van der Waals surface area contributed by atoms with Crippen molar-refractivity contribution in [2.45, 2.75) is 6.92 Å². The van der Waals surface area contributed by atoms with Gasteiger partial charge in [-0.3, -0.25) is 0 Å². The molecule has 0 aliphatic heterocycles. The molecule has 0 saturated carbocycles. The second-order valence-corrected chi connectivity index (χ2v) is 2.95. The number of nitrogen functional groups attached to an aromatic ring is 1. The number of aryl methyl sites for hydroxylation is 1. The summed E-state index contributed by atoms with van der Waals surface area (Å²) in [7, 11) is 0. The molecule has 0 fully saturated rings. The van der Waals surface area contributed by atoms with Crippen molar-refractivity contribution in [2.75, 3.05) is 5.73 Å². The number of halogens is 1. The zero-order valence-corrected chi connectivity index (χ0v) is 7.21. The summed E-state index contributed by atoms with van der Waals surface area (Å²) in [6.45, 7) is 1.88. The number of anilines is 1. The van der Waals surface area contributed by atoms with Gasteiger partial charge in [0.05, 0.1) is 5.69 Å². The standard InChI is InChI=1S/C7H7ClN4/c1-4-2-7-10-6(9)3-5(8)12(7)11-4/h2-3H,1H3,(H2,9,10). The normalized spacial score (nSPS) is 10.8. The molecule has 2 N–H and O–H groups in total. The minimum Gasteiger partial charge on any atom is -0.384 e. The Labute approximate surface area is 74.0 Å². The van der Waals surface area contributed by atoms with Crippen molar-refractivity contribution in [3.63, 3.8) is 0 Å². The van der Waals surface area contributed by atoms with Crippen molar-refractivity contribution in [1.29, 1.82) is 0 Å². The Morgan fingerprint density at radius 1 is 1.50 bits per heavy atom. The minimum absolute atomic E-state index is 0.410. The van der Waals surface area contributed by atoms with Crippen LogP contribution >= 0.6 is 11.6 Å². The van der Waals surface area contributed by atoms with Gasteiger partial charge >= 0.3 is 0 Å². The van der Waals surface area contributed by atoms with Crippen LogP contribution in [0.1, 0.15) is 5.69 Å². The Bertz CT molecular complexity index is 434. The second-order valence-electron chi connectivity index (χ2n) is 2.56. The molecule has 0 amide bonds. The van der Waals surface area contributed by atoms with Crippen LogP contribution in [0.5, 0.6) is 0 Å². The average Bonchev–Trinajstić information content (AvgIpc) is 2.29. The topological polar surface area (TPSA) is 56.2 Å². The first-order chi connectivity index (χ1) is 5.66. The van der Waals surface area contributed by atoms with Gasteiger partial charge < -0.3 is 5.73 Å². The first kappa shape index (κ1) is 7.36. The molecule has 0 aliphatic rings.